The molecule has 0 unspecified atom stereocenters. The fraction of sp³-hybridized carbons (Fsp3) is 0.571. The molecule has 4 aliphatic carbocycles. The minimum absolute atomic E-state index is 0.0211. The van der Waals surface area contributed by atoms with Crippen LogP contribution in [0.4, 0.5) is 5.69 Å². The first-order chi connectivity index (χ1) is 12.4. The largest absolute Gasteiger partial charge is 0.342 e. The Bertz CT molecular complexity index is 720. The highest BCUT2D eigenvalue weighted by molar-refractivity contribution is 5.91. The van der Waals surface area contributed by atoms with Gasteiger partial charge in [-0.3, -0.25) is 14.9 Å². The minimum atomic E-state index is -0.418. The van der Waals surface area contributed by atoms with E-state index < -0.39 is 4.92 Å². The summed E-state index contributed by atoms with van der Waals surface area (Å²) in [7, 11) is 1.89. The second-order valence-electron chi connectivity index (χ2n) is 8.80. The highest BCUT2D eigenvalue weighted by Gasteiger charge is 2.51. The van der Waals surface area contributed by atoms with E-state index >= 15 is 0 Å². The van der Waals surface area contributed by atoms with Gasteiger partial charge in [0.1, 0.15) is 0 Å². The highest BCUT2D eigenvalue weighted by atomic mass is 16.6. The molecule has 0 atom stereocenters. The topological polar surface area (TPSA) is 63.5 Å². The number of amides is 1. The zero-order chi connectivity index (χ0) is 18.3. The Hall–Kier alpha value is -2.17. The lowest BCUT2D eigenvalue weighted by Gasteiger charge is -2.57. The van der Waals surface area contributed by atoms with Crippen LogP contribution in [-0.4, -0.2) is 29.3 Å². The monoisotopic (exact) mass is 354 g/mol. The number of rotatable bonds is 5. The van der Waals surface area contributed by atoms with Gasteiger partial charge in [0.15, 0.2) is 0 Å². The van der Waals surface area contributed by atoms with Gasteiger partial charge in [0.05, 0.1) is 4.92 Å². The van der Waals surface area contributed by atoms with Gasteiger partial charge in [-0.25, -0.2) is 0 Å². The number of carbonyl (C=O) groups excluding carboxylic acids is 1. The quantitative estimate of drug-likeness (QED) is 0.450. The molecule has 5 rings (SSSR count). The average Bonchev–Trinajstić information content (AvgIpc) is 2.58. The maximum absolute atomic E-state index is 12.6. The lowest BCUT2D eigenvalue weighted by Crippen LogP contribution is -2.51. The van der Waals surface area contributed by atoms with E-state index in [1.165, 1.54) is 50.7 Å². The lowest BCUT2D eigenvalue weighted by molar-refractivity contribution is -0.384. The molecule has 4 aliphatic rings. The predicted molar refractivity (Wildman–Crippen MR) is 100 cm³/mol. The molecule has 0 aromatic heterocycles. The molecule has 138 valence electrons. The van der Waals surface area contributed by atoms with Crippen molar-refractivity contribution in [2.75, 3.05) is 13.6 Å². The van der Waals surface area contributed by atoms with Crippen LogP contribution in [0.2, 0.25) is 0 Å². The van der Waals surface area contributed by atoms with Crippen molar-refractivity contribution >= 4 is 17.7 Å². The molecular formula is C21H26N2O3. The van der Waals surface area contributed by atoms with Crippen LogP contribution in [0, 0.1) is 33.3 Å². The minimum Gasteiger partial charge on any atom is -0.342 e. The molecule has 4 bridgehead atoms. The van der Waals surface area contributed by atoms with Crippen molar-refractivity contribution in [2.24, 2.45) is 23.2 Å². The molecular weight excluding hydrogens is 328 g/mol. The summed E-state index contributed by atoms with van der Waals surface area (Å²) in [6.45, 7) is 0.842. The Morgan fingerprint density at radius 3 is 2.42 bits per heavy atom. The summed E-state index contributed by atoms with van der Waals surface area (Å²) in [5.74, 6) is 2.62. The van der Waals surface area contributed by atoms with Crippen LogP contribution in [0.3, 0.4) is 0 Å². The van der Waals surface area contributed by atoms with Crippen LogP contribution >= 0.6 is 0 Å². The third-order valence-electron chi connectivity index (χ3n) is 6.61. The molecule has 1 amide bonds. The van der Waals surface area contributed by atoms with Gasteiger partial charge < -0.3 is 4.90 Å². The van der Waals surface area contributed by atoms with Crippen molar-refractivity contribution in [1.29, 1.82) is 0 Å². The Morgan fingerprint density at radius 2 is 1.85 bits per heavy atom. The van der Waals surface area contributed by atoms with Crippen molar-refractivity contribution in [2.45, 2.75) is 38.5 Å². The van der Waals surface area contributed by atoms with Gasteiger partial charge in [0.25, 0.3) is 5.69 Å². The molecule has 1 aromatic rings. The first-order valence-electron chi connectivity index (χ1n) is 9.60. The summed E-state index contributed by atoms with van der Waals surface area (Å²) in [5, 5.41) is 10.9. The third kappa shape index (κ3) is 3.39. The van der Waals surface area contributed by atoms with E-state index in [2.05, 4.69) is 0 Å². The molecule has 1 aromatic carbocycles. The smallest absolute Gasteiger partial charge is 0.270 e. The van der Waals surface area contributed by atoms with E-state index in [0.29, 0.717) is 11.0 Å². The molecule has 0 N–H and O–H groups in total. The number of likely N-dealkylation sites (N-methyl/N-ethyl adjacent to an activating group) is 1. The molecule has 4 fully saturated rings. The molecule has 0 spiro atoms. The normalized spacial score (nSPS) is 32.1. The number of non-ortho nitro benzene ring substituents is 1. The third-order valence-corrected chi connectivity index (χ3v) is 6.61. The van der Waals surface area contributed by atoms with Gasteiger partial charge >= 0.3 is 0 Å². The highest BCUT2D eigenvalue weighted by Crippen LogP contribution is 2.60. The maximum Gasteiger partial charge on any atom is 0.270 e. The number of nitrogens with zero attached hydrogens (tertiary/aromatic N) is 2. The maximum atomic E-state index is 12.6. The Kier molecular flexibility index (Phi) is 4.33. The standard InChI is InChI=1S/C21H26N2O3/c1-22(14-21-11-16-7-17(12-21)9-18(8-16)13-21)20(24)6-5-15-3-2-4-19(10-15)23(25)26/h2-6,10,16-18H,7-9,11-14H2,1H3/b6-5+. The van der Waals surface area contributed by atoms with Crippen LogP contribution in [0.25, 0.3) is 6.08 Å². The Balaban J connectivity index is 1.41. The van der Waals surface area contributed by atoms with E-state index in [0.717, 1.165) is 24.3 Å². The van der Waals surface area contributed by atoms with E-state index in [4.69, 9.17) is 0 Å². The molecule has 0 saturated heterocycles. The number of hydrogen-bond donors (Lipinski definition) is 0. The van der Waals surface area contributed by atoms with E-state index in [1.807, 2.05) is 11.9 Å². The van der Waals surface area contributed by atoms with Crippen LogP contribution < -0.4 is 0 Å². The molecule has 0 radical (unpaired) electrons. The second kappa shape index (κ2) is 6.53. The molecule has 5 nitrogen and oxygen atoms in total. The zero-order valence-electron chi connectivity index (χ0n) is 15.3. The van der Waals surface area contributed by atoms with Crippen LogP contribution in [0.5, 0.6) is 0 Å². The number of nitro groups is 1. The van der Waals surface area contributed by atoms with Gasteiger partial charge in [-0.1, -0.05) is 12.1 Å². The number of carbonyl (C=O) groups is 1. The predicted octanol–water partition coefficient (Wildman–Crippen LogP) is 4.28. The van der Waals surface area contributed by atoms with Crippen molar-refractivity contribution in [1.82, 2.24) is 4.90 Å². The number of benzene rings is 1. The van der Waals surface area contributed by atoms with Gasteiger partial charge in [0, 0.05) is 31.8 Å². The van der Waals surface area contributed by atoms with E-state index in [-0.39, 0.29) is 11.6 Å². The average molecular weight is 354 g/mol. The molecule has 26 heavy (non-hydrogen) atoms. The lowest BCUT2D eigenvalue weighted by atomic mass is 9.49. The summed E-state index contributed by atoms with van der Waals surface area (Å²) in [4.78, 5) is 24.9. The molecule has 0 heterocycles. The summed E-state index contributed by atoms with van der Waals surface area (Å²) in [6.07, 6.45) is 11.3. The first-order valence-corrected chi connectivity index (χ1v) is 9.60. The van der Waals surface area contributed by atoms with Gasteiger partial charge in [0.2, 0.25) is 5.91 Å². The summed E-state index contributed by atoms with van der Waals surface area (Å²) in [6, 6.07) is 6.36. The zero-order valence-corrected chi connectivity index (χ0v) is 15.3. The fourth-order valence-electron chi connectivity index (χ4n) is 6.10. The van der Waals surface area contributed by atoms with Crippen LogP contribution in [0.15, 0.2) is 30.3 Å². The SMILES string of the molecule is CN(CC12CC3CC(CC(C3)C1)C2)C(=O)/C=C/c1cccc([N+](=O)[O-])c1. The second-order valence-corrected chi connectivity index (χ2v) is 8.80. The van der Waals surface area contributed by atoms with Crippen molar-refractivity contribution < 1.29 is 9.72 Å². The van der Waals surface area contributed by atoms with Gasteiger partial charge in [-0.05, 0) is 73.3 Å². The van der Waals surface area contributed by atoms with Gasteiger partial charge in [-0.15, -0.1) is 0 Å². The van der Waals surface area contributed by atoms with E-state index in [9.17, 15) is 14.9 Å². The number of hydrogen-bond acceptors (Lipinski definition) is 3. The Morgan fingerprint density at radius 1 is 1.23 bits per heavy atom. The van der Waals surface area contributed by atoms with Crippen LogP contribution in [-0.2, 0) is 4.79 Å². The first kappa shape index (κ1) is 17.3. The molecule has 4 saturated carbocycles. The fourth-order valence-corrected chi connectivity index (χ4v) is 6.10. The summed E-state index contributed by atoms with van der Waals surface area (Å²) < 4.78 is 0. The van der Waals surface area contributed by atoms with Crippen molar-refractivity contribution in [3.63, 3.8) is 0 Å². The number of nitro benzene ring substituents is 1. The van der Waals surface area contributed by atoms with Gasteiger partial charge in [-0.2, -0.15) is 0 Å². The van der Waals surface area contributed by atoms with E-state index in [1.54, 1.807) is 24.3 Å². The summed E-state index contributed by atoms with van der Waals surface area (Å²) in [5.41, 5.74) is 1.05. The molecule has 5 heteroatoms. The van der Waals surface area contributed by atoms with Crippen molar-refractivity contribution in [3.05, 3.63) is 46.0 Å². The Labute approximate surface area is 154 Å². The molecule has 0 aliphatic heterocycles. The van der Waals surface area contributed by atoms with Crippen LogP contribution in [0.1, 0.15) is 44.1 Å². The summed E-state index contributed by atoms with van der Waals surface area (Å²) >= 11 is 0. The van der Waals surface area contributed by atoms with Crippen molar-refractivity contribution in [3.8, 4) is 0 Å².